The predicted molar refractivity (Wildman–Crippen MR) is 53.9 cm³/mol. The lowest BCUT2D eigenvalue weighted by atomic mass is 10.2. The fraction of sp³-hybridized carbons (Fsp3) is 0.636. The maximum Gasteiger partial charge on any atom is 0.120 e. The monoisotopic (exact) mass is 195 g/mol. The zero-order valence-corrected chi connectivity index (χ0v) is 8.49. The summed E-state index contributed by atoms with van der Waals surface area (Å²) in [5.74, 6) is 1.51. The third-order valence-corrected chi connectivity index (χ3v) is 2.77. The molecule has 2 rings (SSSR count). The van der Waals surface area contributed by atoms with Gasteiger partial charge in [-0.1, -0.05) is 0 Å². The molecule has 0 radical (unpaired) electrons. The maximum atomic E-state index is 9.59. The molecule has 1 aromatic heterocycles. The predicted octanol–water partition coefficient (Wildman–Crippen LogP) is 1.45. The molecule has 14 heavy (non-hydrogen) atoms. The second-order valence-electron chi connectivity index (χ2n) is 4.06. The van der Waals surface area contributed by atoms with Crippen LogP contribution in [0.4, 0.5) is 0 Å². The van der Waals surface area contributed by atoms with E-state index in [9.17, 15) is 5.11 Å². The average Bonchev–Trinajstić information content (AvgIpc) is 2.93. The van der Waals surface area contributed by atoms with Gasteiger partial charge in [-0.25, -0.2) is 0 Å². The summed E-state index contributed by atoms with van der Waals surface area (Å²) in [7, 11) is 0. The number of aryl methyl sites for hydroxylation is 1. The van der Waals surface area contributed by atoms with Crippen molar-refractivity contribution in [3.63, 3.8) is 0 Å². The van der Waals surface area contributed by atoms with Crippen molar-refractivity contribution in [2.45, 2.75) is 32.4 Å². The molecule has 2 N–H and O–H groups in total. The summed E-state index contributed by atoms with van der Waals surface area (Å²) >= 11 is 0. The summed E-state index contributed by atoms with van der Waals surface area (Å²) in [4.78, 5) is 0. The number of rotatable bonds is 5. The number of furan rings is 1. The van der Waals surface area contributed by atoms with E-state index < -0.39 is 0 Å². The average molecular weight is 195 g/mol. The van der Waals surface area contributed by atoms with Gasteiger partial charge in [0.15, 0.2) is 0 Å². The molecule has 1 atom stereocenters. The van der Waals surface area contributed by atoms with Crippen molar-refractivity contribution in [2.24, 2.45) is 5.92 Å². The molecule has 1 fully saturated rings. The van der Waals surface area contributed by atoms with E-state index in [1.165, 1.54) is 18.4 Å². The normalized spacial score (nSPS) is 18.4. The molecule has 1 unspecified atom stereocenters. The number of aliphatic hydroxyl groups excluding tert-OH is 1. The van der Waals surface area contributed by atoms with E-state index in [0.717, 1.165) is 5.76 Å². The molecule has 1 heterocycles. The fourth-order valence-corrected chi connectivity index (χ4v) is 1.57. The number of hydrogen-bond donors (Lipinski definition) is 2. The Kier molecular flexibility index (Phi) is 2.89. The van der Waals surface area contributed by atoms with E-state index in [1.807, 2.05) is 13.0 Å². The first-order valence-electron chi connectivity index (χ1n) is 5.19. The van der Waals surface area contributed by atoms with Gasteiger partial charge >= 0.3 is 0 Å². The Bertz CT molecular complexity index is 291. The smallest absolute Gasteiger partial charge is 0.120 e. The van der Waals surface area contributed by atoms with Crippen LogP contribution in [0.25, 0.3) is 0 Å². The van der Waals surface area contributed by atoms with E-state index in [1.54, 1.807) is 6.26 Å². The molecule has 1 aliphatic carbocycles. The first-order valence-corrected chi connectivity index (χ1v) is 5.19. The van der Waals surface area contributed by atoms with Crippen molar-refractivity contribution in [1.29, 1.82) is 0 Å². The first-order chi connectivity index (χ1) is 6.77. The molecular formula is C11H17NO2. The van der Waals surface area contributed by atoms with Gasteiger partial charge in [0.1, 0.15) is 5.76 Å². The maximum absolute atomic E-state index is 9.59. The highest BCUT2D eigenvalue weighted by atomic mass is 16.3. The zero-order valence-electron chi connectivity index (χ0n) is 8.49. The highest BCUT2D eigenvalue weighted by Crippen LogP contribution is 2.32. The zero-order chi connectivity index (χ0) is 9.97. The van der Waals surface area contributed by atoms with Crippen LogP contribution in [-0.2, 0) is 6.54 Å². The van der Waals surface area contributed by atoms with E-state index in [-0.39, 0.29) is 6.10 Å². The Morgan fingerprint density at radius 3 is 3.00 bits per heavy atom. The summed E-state index contributed by atoms with van der Waals surface area (Å²) in [6, 6.07) is 1.95. The van der Waals surface area contributed by atoms with Crippen LogP contribution >= 0.6 is 0 Å². The largest absolute Gasteiger partial charge is 0.468 e. The lowest BCUT2D eigenvalue weighted by Crippen LogP contribution is -2.27. The lowest BCUT2D eigenvalue weighted by molar-refractivity contribution is 0.147. The number of nitrogens with one attached hydrogen (secondary N) is 1. The Balaban J connectivity index is 1.69. The van der Waals surface area contributed by atoms with E-state index in [4.69, 9.17) is 4.42 Å². The molecule has 1 saturated carbocycles. The summed E-state index contributed by atoms with van der Waals surface area (Å²) in [5.41, 5.74) is 1.17. The van der Waals surface area contributed by atoms with Gasteiger partial charge in [-0.05, 0) is 37.3 Å². The molecule has 0 aromatic carbocycles. The molecule has 0 aliphatic heterocycles. The molecular weight excluding hydrogens is 178 g/mol. The van der Waals surface area contributed by atoms with Crippen molar-refractivity contribution in [3.05, 3.63) is 23.7 Å². The summed E-state index contributed by atoms with van der Waals surface area (Å²) in [6.45, 7) is 3.41. The van der Waals surface area contributed by atoms with Crippen LogP contribution in [0.5, 0.6) is 0 Å². The highest BCUT2D eigenvalue weighted by Gasteiger charge is 2.29. The third-order valence-electron chi connectivity index (χ3n) is 2.77. The van der Waals surface area contributed by atoms with E-state index in [0.29, 0.717) is 19.0 Å². The molecule has 78 valence electrons. The minimum atomic E-state index is -0.176. The Morgan fingerprint density at radius 2 is 2.43 bits per heavy atom. The van der Waals surface area contributed by atoms with Crippen LogP contribution in [0.1, 0.15) is 24.2 Å². The van der Waals surface area contributed by atoms with Crippen LogP contribution < -0.4 is 5.32 Å². The summed E-state index contributed by atoms with van der Waals surface area (Å²) in [5, 5.41) is 12.8. The van der Waals surface area contributed by atoms with Crippen molar-refractivity contribution < 1.29 is 9.52 Å². The van der Waals surface area contributed by atoms with Gasteiger partial charge in [-0.3, -0.25) is 0 Å². The Labute approximate surface area is 84.1 Å². The SMILES string of the molecule is Cc1ccoc1CNCC(O)C1CC1. The minimum Gasteiger partial charge on any atom is -0.468 e. The van der Waals surface area contributed by atoms with Crippen LogP contribution in [0, 0.1) is 12.8 Å². The Morgan fingerprint density at radius 1 is 1.64 bits per heavy atom. The molecule has 3 heteroatoms. The highest BCUT2D eigenvalue weighted by molar-refractivity contribution is 5.14. The van der Waals surface area contributed by atoms with Gasteiger partial charge in [0.25, 0.3) is 0 Å². The lowest BCUT2D eigenvalue weighted by Gasteiger charge is -2.09. The van der Waals surface area contributed by atoms with Gasteiger partial charge in [-0.2, -0.15) is 0 Å². The van der Waals surface area contributed by atoms with Crippen LogP contribution in [0.15, 0.2) is 16.7 Å². The van der Waals surface area contributed by atoms with Gasteiger partial charge < -0.3 is 14.8 Å². The van der Waals surface area contributed by atoms with Crippen LogP contribution in [0.2, 0.25) is 0 Å². The van der Waals surface area contributed by atoms with Crippen molar-refractivity contribution in [1.82, 2.24) is 5.32 Å². The fourth-order valence-electron chi connectivity index (χ4n) is 1.57. The summed E-state index contributed by atoms with van der Waals surface area (Å²) < 4.78 is 5.28. The van der Waals surface area contributed by atoms with Crippen molar-refractivity contribution in [3.8, 4) is 0 Å². The summed E-state index contributed by atoms with van der Waals surface area (Å²) in [6.07, 6.45) is 3.89. The first kappa shape index (κ1) is 9.74. The van der Waals surface area contributed by atoms with Gasteiger partial charge in [0.2, 0.25) is 0 Å². The molecule has 1 aliphatic rings. The van der Waals surface area contributed by atoms with Crippen LogP contribution in [-0.4, -0.2) is 17.8 Å². The van der Waals surface area contributed by atoms with E-state index in [2.05, 4.69) is 5.32 Å². The molecule has 3 nitrogen and oxygen atoms in total. The van der Waals surface area contributed by atoms with E-state index >= 15 is 0 Å². The second kappa shape index (κ2) is 4.15. The third kappa shape index (κ3) is 2.36. The number of aliphatic hydroxyl groups is 1. The standard InChI is InChI=1S/C11H17NO2/c1-8-4-5-14-11(8)7-12-6-10(13)9-2-3-9/h4-5,9-10,12-13H,2-3,6-7H2,1H3. The van der Waals surface area contributed by atoms with Gasteiger partial charge in [-0.15, -0.1) is 0 Å². The van der Waals surface area contributed by atoms with Crippen molar-refractivity contribution in [2.75, 3.05) is 6.54 Å². The van der Waals surface area contributed by atoms with Gasteiger partial charge in [0, 0.05) is 6.54 Å². The quantitative estimate of drug-likeness (QED) is 0.747. The minimum absolute atomic E-state index is 0.176. The molecule has 0 saturated heterocycles. The number of hydrogen-bond acceptors (Lipinski definition) is 3. The molecule has 0 spiro atoms. The van der Waals surface area contributed by atoms with Gasteiger partial charge in [0.05, 0.1) is 18.9 Å². The molecule has 1 aromatic rings. The molecule has 0 bridgehead atoms. The second-order valence-corrected chi connectivity index (χ2v) is 4.06. The molecule has 0 amide bonds. The van der Waals surface area contributed by atoms with Crippen molar-refractivity contribution >= 4 is 0 Å². The topological polar surface area (TPSA) is 45.4 Å². The Hall–Kier alpha value is -0.800. The van der Waals surface area contributed by atoms with Crippen LogP contribution in [0.3, 0.4) is 0 Å².